The molecule has 4 rings (SSSR count). The van der Waals surface area contributed by atoms with E-state index in [1.165, 1.54) is 23.7 Å². The quantitative estimate of drug-likeness (QED) is 0.472. The van der Waals surface area contributed by atoms with Crippen molar-refractivity contribution in [2.75, 3.05) is 0 Å². The Morgan fingerprint density at radius 1 is 1.15 bits per heavy atom. The maximum Gasteiger partial charge on any atom is 0.150 e. The Balaban J connectivity index is 1.93. The van der Waals surface area contributed by atoms with Crippen LogP contribution < -0.4 is 0 Å². The van der Waals surface area contributed by atoms with Crippen molar-refractivity contribution in [3.63, 3.8) is 0 Å². The average Bonchev–Trinajstić information content (AvgIpc) is 3.31. The zero-order valence-corrected chi connectivity index (χ0v) is 15.0. The molecule has 3 heterocycles. The average molecular weight is 386 g/mol. The molecule has 0 fully saturated rings. The summed E-state index contributed by atoms with van der Waals surface area (Å²) in [5.41, 5.74) is 1.90. The number of aliphatic hydroxyl groups excluding tert-OH is 1. The summed E-state index contributed by atoms with van der Waals surface area (Å²) in [5, 5.41) is 13.2. The first-order valence-electron chi connectivity index (χ1n) is 7.84. The molecule has 0 spiro atoms. The van der Waals surface area contributed by atoms with E-state index >= 15 is 0 Å². The minimum absolute atomic E-state index is 0.308. The van der Waals surface area contributed by atoms with E-state index in [-0.39, 0.29) is 0 Å². The minimum atomic E-state index is -1.01. The fraction of sp³-hybridized carbons (Fsp3) is 0.0500. The first-order valence-corrected chi connectivity index (χ1v) is 9.09. The molecule has 0 saturated heterocycles. The first-order chi connectivity index (χ1) is 12.6. The van der Waals surface area contributed by atoms with Gasteiger partial charge in [-0.1, -0.05) is 23.7 Å². The van der Waals surface area contributed by atoms with Gasteiger partial charge in [-0.25, -0.2) is 4.39 Å². The smallest absolute Gasteiger partial charge is 0.150 e. The standard InChI is InChI=1S/C20H13ClFNO2S/c21-13-5-6-14(16(22)9-13)15-11-25-20(17-4-2-8-26-17)18(15)19(24)12-3-1-7-23-10-12/h1-11,19,24H. The topological polar surface area (TPSA) is 46.3 Å². The molecule has 4 aromatic rings. The van der Waals surface area contributed by atoms with Crippen molar-refractivity contribution in [2.45, 2.75) is 6.10 Å². The summed E-state index contributed by atoms with van der Waals surface area (Å²) in [6, 6.07) is 11.7. The Morgan fingerprint density at radius 3 is 2.73 bits per heavy atom. The minimum Gasteiger partial charge on any atom is -0.462 e. The van der Waals surface area contributed by atoms with Crippen LogP contribution in [-0.4, -0.2) is 10.1 Å². The van der Waals surface area contributed by atoms with Crippen molar-refractivity contribution < 1.29 is 13.9 Å². The van der Waals surface area contributed by atoms with Crippen LogP contribution in [0.1, 0.15) is 17.2 Å². The van der Waals surface area contributed by atoms with Gasteiger partial charge in [0.25, 0.3) is 0 Å². The second-order valence-electron chi connectivity index (χ2n) is 5.68. The van der Waals surface area contributed by atoms with Crippen LogP contribution in [0.4, 0.5) is 4.39 Å². The molecule has 6 heteroatoms. The number of thiophene rings is 1. The van der Waals surface area contributed by atoms with Gasteiger partial charge in [-0.3, -0.25) is 4.98 Å². The lowest BCUT2D eigenvalue weighted by atomic mass is 9.94. The molecule has 0 aliphatic carbocycles. The van der Waals surface area contributed by atoms with Gasteiger partial charge in [0.2, 0.25) is 0 Å². The molecule has 1 atom stereocenters. The van der Waals surface area contributed by atoms with Crippen LogP contribution in [0.15, 0.2) is 70.9 Å². The van der Waals surface area contributed by atoms with E-state index in [0.29, 0.717) is 33.0 Å². The Morgan fingerprint density at radius 2 is 2.04 bits per heavy atom. The second kappa shape index (κ2) is 7.03. The van der Waals surface area contributed by atoms with E-state index in [2.05, 4.69) is 4.98 Å². The number of benzene rings is 1. The van der Waals surface area contributed by atoms with E-state index in [1.54, 1.807) is 36.7 Å². The molecular weight excluding hydrogens is 373 g/mol. The number of aromatic nitrogens is 1. The number of rotatable bonds is 4. The first kappa shape index (κ1) is 17.0. The van der Waals surface area contributed by atoms with Crippen molar-refractivity contribution in [1.29, 1.82) is 0 Å². The molecule has 3 aromatic heterocycles. The summed E-state index contributed by atoms with van der Waals surface area (Å²) in [6.07, 6.45) is 3.67. The summed E-state index contributed by atoms with van der Waals surface area (Å²) in [4.78, 5) is 4.91. The van der Waals surface area contributed by atoms with Gasteiger partial charge in [0.1, 0.15) is 11.9 Å². The highest BCUT2D eigenvalue weighted by atomic mass is 35.5. The SMILES string of the molecule is OC(c1cccnc1)c1c(-c2ccc(Cl)cc2F)coc1-c1cccs1. The number of furan rings is 1. The monoisotopic (exact) mass is 385 g/mol. The number of nitrogens with zero attached hydrogens (tertiary/aromatic N) is 1. The van der Waals surface area contributed by atoms with Gasteiger partial charge in [-0.15, -0.1) is 11.3 Å². The van der Waals surface area contributed by atoms with Crippen LogP contribution in [0.25, 0.3) is 21.8 Å². The summed E-state index contributed by atoms with van der Waals surface area (Å²) >= 11 is 7.35. The molecule has 0 saturated carbocycles. The largest absolute Gasteiger partial charge is 0.462 e. The predicted octanol–water partition coefficient (Wildman–Crippen LogP) is 5.94. The summed E-state index contributed by atoms with van der Waals surface area (Å²) in [5.74, 6) is 0.0383. The number of hydrogen-bond donors (Lipinski definition) is 1. The predicted molar refractivity (Wildman–Crippen MR) is 101 cm³/mol. The van der Waals surface area contributed by atoms with Gasteiger partial charge in [0.05, 0.1) is 11.1 Å². The lowest BCUT2D eigenvalue weighted by Crippen LogP contribution is -2.02. The highest BCUT2D eigenvalue weighted by Crippen LogP contribution is 2.42. The fourth-order valence-electron chi connectivity index (χ4n) is 2.86. The van der Waals surface area contributed by atoms with E-state index in [1.807, 2.05) is 17.5 Å². The Kier molecular flexibility index (Phi) is 4.59. The van der Waals surface area contributed by atoms with E-state index in [0.717, 1.165) is 4.88 Å². The molecule has 0 radical (unpaired) electrons. The van der Waals surface area contributed by atoms with E-state index in [9.17, 15) is 9.50 Å². The maximum absolute atomic E-state index is 14.5. The van der Waals surface area contributed by atoms with Crippen molar-refractivity contribution >= 4 is 22.9 Å². The third-order valence-corrected chi connectivity index (χ3v) is 5.17. The zero-order valence-electron chi connectivity index (χ0n) is 13.4. The Hall–Kier alpha value is -2.47. The maximum atomic E-state index is 14.5. The molecule has 1 N–H and O–H groups in total. The summed E-state index contributed by atoms with van der Waals surface area (Å²) in [7, 11) is 0. The van der Waals surface area contributed by atoms with E-state index < -0.39 is 11.9 Å². The summed E-state index contributed by atoms with van der Waals surface area (Å²) in [6.45, 7) is 0. The molecular formula is C20H13ClFNO2S. The van der Waals surface area contributed by atoms with Crippen molar-refractivity contribution in [3.05, 3.63) is 88.5 Å². The molecule has 0 aliphatic heterocycles. The van der Waals surface area contributed by atoms with Crippen LogP contribution in [0.2, 0.25) is 5.02 Å². The Labute approximate surface area is 158 Å². The van der Waals surface area contributed by atoms with Crippen molar-refractivity contribution in [1.82, 2.24) is 4.98 Å². The van der Waals surface area contributed by atoms with E-state index in [4.69, 9.17) is 16.0 Å². The third kappa shape index (κ3) is 3.05. The number of hydrogen-bond acceptors (Lipinski definition) is 4. The molecule has 0 bridgehead atoms. The van der Waals surface area contributed by atoms with Gasteiger partial charge in [-0.2, -0.15) is 0 Å². The van der Waals surface area contributed by atoms with Crippen molar-refractivity contribution in [2.24, 2.45) is 0 Å². The number of halogens is 2. The normalized spacial score (nSPS) is 12.3. The molecule has 0 aliphatic rings. The number of aliphatic hydroxyl groups is 1. The molecule has 1 unspecified atom stereocenters. The Bertz CT molecular complexity index is 1030. The second-order valence-corrected chi connectivity index (χ2v) is 7.07. The lowest BCUT2D eigenvalue weighted by molar-refractivity contribution is 0.220. The van der Waals surface area contributed by atoms with Crippen LogP contribution in [0, 0.1) is 5.82 Å². The highest BCUT2D eigenvalue weighted by Gasteiger charge is 2.26. The van der Waals surface area contributed by atoms with Gasteiger partial charge in [0.15, 0.2) is 5.76 Å². The van der Waals surface area contributed by atoms with Gasteiger partial charge in [-0.05, 0) is 35.7 Å². The molecule has 26 heavy (non-hydrogen) atoms. The van der Waals surface area contributed by atoms with Gasteiger partial charge < -0.3 is 9.52 Å². The zero-order chi connectivity index (χ0) is 18.1. The highest BCUT2D eigenvalue weighted by molar-refractivity contribution is 7.13. The fourth-order valence-corrected chi connectivity index (χ4v) is 3.74. The van der Waals surface area contributed by atoms with Crippen LogP contribution in [-0.2, 0) is 0 Å². The number of pyridine rings is 1. The molecule has 130 valence electrons. The van der Waals surface area contributed by atoms with Crippen LogP contribution in [0.5, 0.6) is 0 Å². The van der Waals surface area contributed by atoms with Gasteiger partial charge >= 0.3 is 0 Å². The third-order valence-electron chi connectivity index (χ3n) is 4.07. The summed E-state index contributed by atoms with van der Waals surface area (Å²) < 4.78 is 20.3. The van der Waals surface area contributed by atoms with Crippen molar-refractivity contribution in [3.8, 4) is 21.8 Å². The van der Waals surface area contributed by atoms with Gasteiger partial charge in [0, 0.05) is 39.7 Å². The molecule has 0 amide bonds. The van der Waals surface area contributed by atoms with Crippen LogP contribution >= 0.6 is 22.9 Å². The molecule has 1 aromatic carbocycles. The lowest BCUT2D eigenvalue weighted by Gasteiger charge is -2.14. The molecule has 3 nitrogen and oxygen atoms in total. The van der Waals surface area contributed by atoms with Crippen LogP contribution in [0.3, 0.4) is 0 Å².